The molecule has 37 heavy (non-hydrogen) atoms. The molecule has 0 saturated heterocycles. The zero-order chi connectivity index (χ0) is 26.5. The SMILES string of the molecule is COc1nc(O[C@H]2CC3(C[C@H](NC(=O)c4cnn(-c5ccc(C(F)(F)F)cn5)c4C)C3)C2)c(C(N)=O)s1. The number of aromatic nitrogens is 4. The molecule has 10 nitrogen and oxygen atoms in total. The molecule has 1 spiro atoms. The van der Waals surface area contributed by atoms with Crippen molar-refractivity contribution in [2.24, 2.45) is 11.1 Å². The zero-order valence-electron chi connectivity index (χ0n) is 19.8. The van der Waals surface area contributed by atoms with Crippen LogP contribution in [-0.2, 0) is 6.18 Å². The number of alkyl halides is 3. The average molecular weight is 537 g/mol. The standard InChI is InChI=1S/C23H23F3N6O4S/c1-11-15(10-29-32(11)16-4-3-12(9-28-16)23(24,25)26)19(34)30-13-5-22(6-13)7-14(8-22)36-20-17(18(27)33)37-21(31-20)35-2/h3-4,9-10,13-14H,5-8H2,1-2H3,(H2,27,33)(H,30,34)/t13-,14-,22?. The Morgan fingerprint density at radius 1 is 1.22 bits per heavy atom. The first-order valence-electron chi connectivity index (χ1n) is 11.4. The van der Waals surface area contributed by atoms with Crippen LogP contribution in [0, 0.1) is 12.3 Å². The van der Waals surface area contributed by atoms with Gasteiger partial charge in [0.25, 0.3) is 17.0 Å². The summed E-state index contributed by atoms with van der Waals surface area (Å²) in [6.45, 7) is 1.66. The molecule has 0 aliphatic heterocycles. The van der Waals surface area contributed by atoms with E-state index in [1.165, 1.54) is 24.1 Å². The maximum atomic E-state index is 12.8. The molecule has 5 rings (SSSR count). The Balaban J connectivity index is 1.14. The zero-order valence-corrected chi connectivity index (χ0v) is 20.7. The lowest BCUT2D eigenvalue weighted by atomic mass is 9.53. The quantitative estimate of drug-likeness (QED) is 0.473. The van der Waals surface area contributed by atoms with Crippen LogP contribution in [0.5, 0.6) is 11.1 Å². The van der Waals surface area contributed by atoms with E-state index in [1.807, 2.05) is 0 Å². The van der Waals surface area contributed by atoms with Crippen molar-refractivity contribution in [2.45, 2.75) is 50.9 Å². The fourth-order valence-electron chi connectivity index (χ4n) is 4.98. The minimum absolute atomic E-state index is 0.0130. The van der Waals surface area contributed by atoms with Crippen LogP contribution in [0.1, 0.15) is 57.0 Å². The number of rotatable bonds is 7. The van der Waals surface area contributed by atoms with Crippen LogP contribution < -0.4 is 20.5 Å². The van der Waals surface area contributed by atoms with Crippen molar-refractivity contribution in [1.82, 2.24) is 25.1 Å². The molecule has 0 atom stereocenters. The maximum Gasteiger partial charge on any atom is 0.417 e. The third-order valence-corrected chi connectivity index (χ3v) is 7.83. The number of nitrogens with two attached hydrogens (primary N) is 1. The van der Waals surface area contributed by atoms with E-state index >= 15 is 0 Å². The van der Waals surface area contributed by atoms with Gasteiger partial charge in [-0.05, 0) is 50.2 Å². The molecule has 3 N–H and O–H groups in total. The third kappa shape index (κ3) is 4.72. The molecule has 2 aliphatic carbocycles. The van der Waals surface area contributed by atoms with Crippen molar-refractivity contribution >= 4 is 23.2 Å². The summed E-state index contributed by atoms with van der Waals surface area (Å²) in [4.78, 5) is 32.7. The summed E-state index contributed by atoms with van der Waals surface area (Å²) in [7, 11) is 1.45. The Hall–Kier alpha value is -3.68. The van der Waals surface area contributed by atoms with E-state index in [0.717, 1.165) is 49.3 Å². The maximum absolute atomic E-state index is 12.8. The van der Waals surface area contributed by atoms with Crippen molar-refractivity contribution in [1.29, 1.82) is 0 Å². The van der Waals surface area contributed by atoms with Crippen molar-refractivity contribution in [2.75, 3.05) is 7.11 Å². The van der Waals surface area contributed by atoms with Gasteiger partial charge < -0.3 is 20.5 Å². The van der Waals surface area contributed by atoms with Crippen molar-refractivity contribution < 1.29 is 32.2 Å². The van der Waals surface area contributed by atoms with E-state index in [0.29, 0.717) is 16.5 Å². The van der Waals surface area contributed by atoms with Gasteiger partial charge >= 0.3 is 6.18 Å². The first-order valence-corrected chi connectivity index (χ1v) is 12.2. The lowest BCUT2D eigenvalue weighted by molar-refractivity contribution is -0.137. The van der Waals surface area contributed by atoms with Gasteiger partial charge in [0.2, 0.25) is 5.88 Å². The van der Waals surface area contributed by atoms with E-state index in [9.17, 15) is 22.8 Å². The predicted octanol–water partition coefficient (Wildman–Crippen LogP) is 3.28. The van der Waals surface area contributed by atoms with Gasteiger partial charge in [0.1, 0.15) is 6.10 Å². The highest BCUT2D eigenvalue weighted by molar-refractivity contribution is 7.15. The summed E-state index contributed by atoms with van der Waals surface area (Å²) in [5, 5.41) is 7.43. The molecular weight excluding hydrogens is 513 g/mol. The highest BCUT2D eigenvalue weighted by Crippen LogP contribution is 2.57. The summed E-state index contributed by atoms with van der Waals surface area (Å²) in [5.41, 5.74) is 5.40. The Kier molecular flexibility index (Phi) is 6.09. The minimum atomic E-state index is -4.48. The van der Waals surface area contributed by atoms with E-state index in [-0.39, 0.29) is 40.0 Å². The minimum Gasteiger partial charge on any atom is -0.473 e. The fourth-order valence-corrected chi connectivity index (χ4v) is 5.65. The molecule has 196 valence electrons. The average Bonchev–Trinajstić information content (AvgIpc) is 3.39. The topological polar surface area (TPSA) is 134 Å². The summed E-state index contributed by atoms with van der Waals surface area (Å²) < 4.78 is 50.6. The highest BCUT2D eigenvalue weighted by atomic mass is 32.1. The van der Waals surface area contributed by atoms with Crippen LogP contribution in [0.3, 0.4) is 0 Å². The van der Waals surface area contributed by atoms with Gasteiger partial charge in [0.05, 0.1) is 30.1 Å². The van der Waals surface area contributed by atoms with Crippen LogP contribution >= 0.6 is 11.3 Å². The molecule has 0 aromatic carbocycles. The smallest absolute Gasteiger partial charge is 0.417 e. The molecule has 2 fully saturated rings. The van der Waals surface area contributed by atoms with E-state index in [1.54, 1.807) is 6.92 Å². The van der Waals surface area contributed by atoms with E-state index < -0.39 is 17.6 Å². The summed E-state index contributed by atoms with van der Waals surface area (Å²) in [6.07, 6.45) is 0.650. The predicted molar refractivity (Wildman–Crippen MR) is 125 cm³/mol. The molecule has 2 amide bonds. The lowest BCUT2D eigenvalue weighted by Crippen LogP contribution is -2.58. The molecule has 0 unspecified atom stereocenters. The molecule has 0 radical (unpaired) electrons. The fraction of sp³-hybridized carbons (Fsp3) is 0.435. The number of thiazole rings is 1. The van der Waals surface area contributed by atoms with Gasteiger partial charge in [-0.25, -0.2) is 9.67 Å². The van der Waals surface area contributed by atoms with Crippen LogP contribution in [-0.4, -0.2) is 50.8 Å². The number of ether oxygens (including phenoxy) is 2. The van der Waals surface area contributed by atoms with Crippen LogP contribution in [0.2, 0.25) is 0 Å². The van der Waals surface area contributed by atoms with Crippen LogP contribution in [0.25, 0.3) is 5.82 Å². The summed E-state index contributed by atoms with van der Waals surface area (Å²) >= 11 is 1.04. The number of amides is 2. The number of carbonyl (C=O) groups excluding carboxylic acids is 2. The Morgan fingerprint density at radius 2 is 1.95 bits per heavy atom. The molecule has 0 bridgehead atoms. The van der Waals surface area contributed by atoms with Crippen molar-refractivity contribution in [3.8, 4) is 16.9 Å². The Labute approximate surface area is 213 Å². The monoisotopic (exact) mass is 536 g/mol. The van der Waals surface area contributed by atoms with E-state index in [4.69, 9.17) is 15.2 Å². The van der Waals surface area contributed by atoms with Gasteiger partial charge in [0, 0.05) is 12.2 Å². The number of pyridine rings is 1. The first kappa shape index (κ1) is 25.0. The molecular formula is C23H23F3N6O4S. The molecule has 3 aromatic heterocycles. The molecule has 3 heterocycles. The second-order valence-electron chi connectivity index (χ2n) is 9.37. The van der Waals surface area contributed by atoms with Gasteiger partial charge in [-0.2, -0.15) is 23.3 Å². The number of hydrogen-bond donors (Lipinski definition) is 2. The van der Waals surface area contributed by atoms with Crippen molar-refractivity contribution in [3.63, 3.8) is 0 Å². The molecule has 3 aromatic rings. The largest absolute Gasteiger partial charge is 0.473 e. The molecule has 2 saturated carbocycles. The molecule has 14 heteroatoms. The summed E-state index contributed by atoms with van der Waals surface area (Å²) in [5.74, 6) is -0.550. The lowest BCUT2D eigenvalue weighted by Gasteiger charge is -2.57. The van der Waals surface area contributed by atoms with Crippen LogP contribution in [0.4, 0.5) is 13.2 Å². The van der Waals surface area contributed by atoms with Gasteiger partial charge in [-0.1, -0.05) is 11.3 Å². The van der Waals surface area contributed by atoms with Crippen molar-refractivity contribution in [3.05, 3.63) is 46.2 Å². The highest BCUT2D eigenvalue weighted by Gasteiger charge is 2.54. The number of nitrogens with zero attached hydrogens (tertiary/aromatic N) is 4. The Morgan fingerprint density at radius 3 is 2.54 bits per heavy atom. The van der Waals surface area contributed by atoms with Gasteiger partial charge in [0.15, 0.2) is 10.7 Å². The van der Waals surface area contributed by atoms with E-state index in [2.05, 4.69) is 20.4 Å². The molecule has 2 aliphatic rings. The second kappa shape index (κ2) is 9.01. The Bertz CT molecular complexity index is 1340. The number of hydrogen-bond acceptors (Lipinski definition) is 8. The van der Waals surface area contributed by atoms with Crippen LogP contribution in [0.15, 0.2) is 24.5 Å². The number of primary amides is 1. The van der Waals surface area contributed by atoms with Gasteiger partial charge in [-0.3, -0.25) is 9.59 Å². The number of nitrogens with one attached hydrogen (secondary N) is 1. The third-order valence-electron chi connectivity index (χ3n) is 6.82. The number of halogens is 3. The number of methoxy groups -OCH3 is 1. The normalized spacial score (nSPS) is 22.7. The summed E-state index contributed by atoms with van der Waals surface area (Å²) in [6, 6.07) is 2.12. The first-order chi connectivity index (χ1) is 17.5. The number of carbonyl (C=O) groups is 2. The second-order valence-corrected chi connectivity index (χ2v) is 10.3. The van der Waals surface area contributed by atoms with Gasteiger partial charge in [-0.15, -0.1) is 0 Å².